The summed E-state index contributed by atoms with van der Waals surface area (Å²) in [5.41, 5.74) is -0.0309. The first-order valence-electron chi connectivity index (χ1n) is 6.21. The van der Waals surface area contributed by atoms with Crippen LogP contribution in [0.1, 0.15) is 42.5 Å². The lowest BCUT2D eigenvalue weighted by molar-refractivity contribution is 0.0696. The summed E-state index contributed by atoms with van der Waals surface area (Å²) in [6.45, 7) is 0. The van der Waals surface area contributed by atoms with Crippen LogP contribution in [0.15, 0.2) is 23.4 Å². The molecule has 1 fully saturated rings. The number of aromatic carboxylic acids is 1. The number of sulfonamides is 1. The fourth-order valence-corrected chi connectivity index (χ4v) is 3.40. The first-order chi connectivity index (χ1) is 8.99. The van der Waals surface area contributed by atoms with Crippen molar-refractivity contribution >= 4 is 16.0 Å². The molecule has 1 heterocycles. The van der Waals surface area contributed by atoms with Crippen LogP contribution in [0.5, 0.6) is 0 Å². The molecule has 7 heteroatoms. The first kappa shape index (κ1) is 14.0. The number of aromatic nitrogens is 1. The predicted octanol–water partition coefficient (Wildman–Crippen LogP) is 1.39. The highest BCUT2D eigenvalue weighted by atomic mass is 32.2. The van der Waals surface area contributed by atoms with Gasteiger partial charge in [0.2, 0.25) is 0 Å². The molecular weight excluding hydrogens is 268 g/mol. The van der Waals surface area contributed by atoms with Gasteiger partial charge in [0.15, 0.2) is 5.03 Å². The Bertz CT molecular complexity index is 548. The van der Waals surface area contributed by atoms with Gasteiger partial charge in [-0.05, 0) is 25.0 Å². The molecule has 2 N–H and O–H groups in total. The van der Waals surface area contributed by atoms with Gasteiger partial charge in [0.25, 0.3) is 10.0 Å². The van der Waals surface area contributed by atoms with E-state index in [-0.39, 0.29) is 16.6 Å². The van der Waals surface area contributed by atoms with Crippen LogP contribution >= 0.6 is 0 Å². The summed E-state index contributed by atoms with van der Waals surface area (Å²) in [5, 5.41) is 8.60. The number of nitrogens with zero attached hydrogens (tertiary/aromatic N) is 1. The Morgan fingerprint density at radius 1 is 1.26 bits per heavy atom. The summed E-state index contributed by atoms with van der Waals surface area (Å²) in [4.78, 5) is 14.4. The Labute approximate surface area is 111 Å². The van der Waals surface area contributed by atoms with Crippen LogP contribution in [-0.2, 0) is 10.0 Å². The average molecular weight is 284 g/mol. The standard InChI is InChI=1S/C12H16N2O4S/c15-12(16)9-6-7-11(13-8-9)19(17,18)14-10-4-2-1-3-5-10/h6-8,10,14H,1-5H2,(H,15,16). The molecule has 1 aromatic rings. The maximum absolute atomic E-state index is 12.1. The fourth-order valence-electron chi connectivity index (χ4n) is 2.17. The molecule has 2 rings (SSSR count). The summed E-state index contributed by atoms with van der Waals surface area (Å²) in [5.74, 6) is -1.13. The molecule has 0 saturated heterocycles. The van der Waals surface area contributed by atoms with E-state index in [0.29, 0.717) is 0 Å². The van der Waals surface area contributed by atoms with Gasteiger partial charge in [0, 0.05) is 12.2 Å². The number of nitrogens with one attached hydrogen (secondary N) is 1. The lowest BCUT2D eigenvalue weighted by Gasteiger charge is -2.22. The van der Waals surface area contributed by atoms with Gasteiger partial charge in [-0.1, -0.05) is 19.3 Å². The van der Waals surface area contributed by atoms with Crippen LogP contribution in [0.3, 0.4) is 0 Å². The van der Waals surface area contributed by atoms with Crippen LogP contribution < -0.4 is 4.72 Å². The minimum Gasteiger partial charge on any atom is -0.478 e. The largest absolute Gasteiger partial charge is 0.478 e. The number of hydrogen-bond donors (Lipinski definition) is 2. The second kappa shape index (κ2) is 5.66. The minimum absolute atomic E-state index is 0.0309. The Morgan fingerprint density at radius 3 is 2.47 bits per heavy atom. The average Bonchev–Trinajstić information content (AvgIpc) is 2.39. The maximum atomic E-state index is 12.1. The Balaban J connectivity index is 2.12. The Kier molecular flexibility index (Phi) is 4.16. The summed E-state index contributed by atoms with van der Waals surface area (Å²) in [6.07, 6.45) is 5.93. The Morgan fingerprint density at radius 2 is 1.95 bits per heavy atom. The molecule has 0 atom stereocenters. The smallest absolute Gasteiger partial charge is 0.337 e. The van der Waals surface area contributed by atoms with Crippen molar-refractivity contribution in [1.82, 2.24) is 9.71 Å². The third-order valence-corrected chi connectivity index (χ3v) is 4.62. The highest BCUT2D eigenvalue weighted by Gasteiger charge is 2.22. The van der Waals surface area contributed by atoms with Crippen LogP contribution in [0.25, 0.3) is 0 Å². The van der Waals surface area contributed by atoms with Crippen LogP contribution in [0, 0.1) is 0 Å². The van der Waals surface area contributed by atoms with Crippen molar-refractivity contribution in [3.8, 4) is 0 Å². The van der Waals surface area contributed by atoms with Crippen LogP contribution in [-0.4, -0.2) is 30.5 Å². The van der Waals surface area contributed by atoms with Crippen LogP contribution in [0.2, 0.25) is 0 Å². The quantitative estimate of drug-likeness (QED) is 0.871. The van der Waals surface area contributed by atoms with Crippen molar-refractivity contribution in [1.29, 1.82) is 0 Å². The van der Waals surface area contributed by atoms with Gasteiger partial charge >= 0.3 is 5.97 Å². The number of rotatable bonds is 4. The lowest BCUT2D eigenvalue weighted by atomic mass is 9.96. The molecule has 0 amide bonds. The van der Waals surface area contributed by atoms with Gasteiger partial charge in [-0.25, -0.2) is 22.9 Å². The zero-order valence-corrected chi connectivity index (χ0v) is 11.2. The van der Waals surface area contributed by atoms with Gasteiger partial charge in [-0.2, -0.15) is 0 Å². The number of carbonyl (C=O) groups is 1. The van der Waals surface area contributed by atoms with Crippen molar-refractivity contribution in [3.05, 3.63) is 23.9 Å². The van der Waals surface area contributed by atoms with Gasteiger partial charge in [0.05, 0.1) is 5.56 Å². The SMILES string of the molecule is O=C(O)c1ccc(S(=O)(=O)NC2CCCCC2)nc1. The van der Waals surface area contributed by atoms with E-state index in [4.69, 9.17) is 5.11 Å². The van der Waals surface area contributed by atoms with E-state index < -0.39 is 16.0 Å². The van der Waals surface area contributed by atoms with Gasteiger partial charge < -0.3 is 5.11 Å². The predicted molar refractivity (Wildman–Crippen MR) is 68.4 cm³/mol. The summed E-state index contributed by atoms with van der Waals surface area (Å²) >= 11 is 0. The number of carboxylic acid groups (broad SMARTS) is 1. The molecule has 1 aliphatic rings. The summed E-state index contributed by atoms with van der Waals surface area (Å²) in [6, 6.07) is 2.42. The molecule has 6 nitrogen and oxygen atoms in total. The molecule has 0 aliphatic heterocycles. The van der Waals surface area contributed by atoms with E-state index in [0.717, 1.165) is 38.3 Å². The monoisotopic (exact) mass is 284 g/mol. The second-order valence-electron chi connectivity index (χ2n) is 4.65. The zero-order chi connectivity index (χ0) is 13.9. The number of carboxylic acids is 1. The highest BCUT2D eigenvalue weighted by molar-refractivity contribution is 7.89. The topological polar surface area (TPSA) is 96.4 Å². The molecule has 0 bridgehead atoms. The van der Waals surface area contributed by atoms with Crippen molar-refractivity contribution < 1.29 is 18.3 Å². The van der Waals surface area contributed by atoms with E-state index in [2.05, 4.69) is 9.71 Å². The van der Waals surface area contributed by atoms with Crippen molar-refractivity contribution in [2.75, 3.05) is 0 Å². The van der Waals surface area contributed by atoms with E-state index in [9.17, 15) is 13.2 Å². The molecular formula is C12H16N2O4S. The molecule has 0 unspecified atom stereocenters. The number of pyridine rings is 1. The third-order valence-electron chi connectivity index (χ3n) is 3.19. The molecule has 1 saturated carbocycles. The fraction of sp³-hybridized carbons (Fsp3) is 0.500. The van der Waals surface area contributed by atoms with E-state index in [1.165, 1.54) is 12.1 Å². The molecule has 1 aliphatic carbocycles. The molecule has 0 radical (unpaired) electrons. The van der Waals surface area contributed by atoms with Crippen LogP contribution in [0.4, 0.5) is 0 Å². The summed E-state index contributed by atoms with van der Waals surface area (Å²) < 4.78 is 26.7. The van der Waals surface area contributed by atoms with Crippen molar-refractivity contribution in [3.63, 3.8) is 0 Å². The maximum Gasteiger partial charge on any atom is 0.337 e. The Hall–Kier alpha value is -1.47. The van der Waals surface area contributed by atoms with E-state index in [1.807, 2.05) is 0 Å². The molecule has 0 aromatic carbocycles. The minimum atomic E-state index is -3.66. The molecule has 19 heavy (non-hydrogen) atoms. The van der Waals surface area contributed by atoms with Gasteiger partial charge in [-0.3, -0.25) is 0 Å². The zero-order valence-electron chi connectivity index (χ0n) is 10.4. The third kappa shape index (κ3) is 3.51. The first-order valence-corrected chi connectivity index (χ1v) is 7.69. The summed E-state index contributed by atoms with van der Waals surface area (Å²) in [7, 11) is -3.66. The lowest BCUT2D eigenvalue weighted by Crippen LogP contribution is -2.36. The van der Waals surface area contributed by atoms with Crippen molar-refractivity contribution in [2.24, 2.45) is 0 Å². The molecule has 0 spiro atoms. The van der Waals surface area contributed by atoms with E-state index >= 15 is 0 Å². The number of hydrogen-bond acceptors (Lipinski definition) is 4. The highest BCUT2D eigenvalue weighted by Crippen LogP contribution is 2.19. The molecule has 104 valence electrons. The van der Waals surface area contributed by atoms with Gasteiger partial charge in [-0.15, -0.1) is 0 Å². The normalized spacial score (nSPS) is 17.3. The van der Waals surface area contributed by atoms with E-state index in [1.54, 1.807) is 0 Å². The molecule has 1 aromatic heterocycles. The second-order valence-corrected chi connectivity index (χ2v) is 6.31. The van der Waals surface area contributed by atoms with Gasteiger partial charge in [0.1, 0.15) is 0 Å². The van der Waals surface area contributed by atoms with Crippen molar-refractivity contribution in [2.45, 2.75) is 43.2 Å².